The molecule has 1 fully saturated rings. The Morgan fingerprint density at radius 2 is 1.90 bits per heavy atom. The molecule has 1 rings (SSSR count). The number of carboxylic acids is 1. The second kappa shape index (κ2) is 8.12. The quantitative estimate of drug-likeness (QED) is 0.787. The maximum absolute atomic E-state index is 11.8. The molecule has 2 N–H and O–H groups in total. The van der Waals surface area contributed by atoms with Gasteiger partial charge < -0.3 is 15.3 Å². The number of hydrogen-bond acceptors (Lipinski definition) is 2. The molecule has 5 heteroatoms. The van der Waals surface area contributed by atoms with Gasteiger partial charge in [-0.2, -0.15) is 0 Å². The highest BCUT2D eigenvalue weighted by atomic mass is 16.4. The molecule has 0 aromatic heterocycles. The van der Waals surface area contributed by atoms with E-state index < -0.39 is 11.9 Å². The van der Waals surface area contributed by atoms with Crippen LogP contribution in [0.15, 0.2) is 0 Å². The Hall–Kier alpha value is -1.26. The zero-order valence-corrected chi connectivity index (χ0v) is 12.9. The lowest BCUT2D eigenvalue weighted by molar-refractivity contribution is -0.141. The molecule has 0 bridgehead atoms. The lowest BCUT2D eigenvalue weighted by Crippen LogP contribution is -2.41. The number of aliphatic carboxylic acids is 1. The zero-order valence-electron chi connectivity index (χ0n) is 12.9. The van der Waals surface area contributed by atoms with Crippen LogP contribution in [0.3, 0.4) is 0 Å². The molecule has 0 heterocycles. The molecular weight excluding hydrogens is 256 g/mol. The van der Waals surface area contributed by atoms with Crippen LogP contribution in [0.1, 0.15) is 46.0 Å². The van der Waals surface area contributed by atoms with E-state index in [-0.39, 0.29) is 12.6 Å². The minimum absolute atomic E-state index is 0.178. The number of hydrogen-bond donors (Lipinski definition) is 2. The van der Waals surface area contributed by atoms with Crippen molar-refractivity contribution in [3.05, 3.63) is 0 Å². The van der Waals surface area contributed by atoms with Crippen molar-refractivity contribution >= 4 is 12.0 Å². The Morgan fingerprint density at radius 1 is 1.30 bits per heavy atom. The minimum atomic E-state index is -0.874. The average Bonchev–Trinajstić information content (AvgIpc) is 2.40. The second-order valence-electron chi connectivity index (χ2n) is 6.27. The summed E-state index contributed by atoms with van der Waals surface area (Å²) in [5.74, 6) is 0.172. The zero-order chi connectivity index (χ0) is 15.1. The molecule has 0 aromatic carbocycles. The molecule has 0 aliphatic heterocycles. The highest BCUT2D eigenvalue weighted by Crippen LogP contribution is 2.29. The van der Waals surface area contributed by atoms with Crippen molar-refractivity contribution in [2.75, 3.05) is 20.1 Å². The van der Waals surface area contributed by atoms with Crippen LogP contribution in [0.4, 0.5) is 4.79 Å². The molecule has 116 valence electrons. The summed E-state index contributed by atoms with van der Waals surface area (Å²) in [5, 5.41) is 11.7. The molecule has 0 aromatic rings. The van der Waals surface area contributed by atoms with Crippen LogP contribution in [-0.2, 0) is 4.79 Å². The summed E-state index contributed by atoms with van der Waals surface area (Å²) in [4.78, 5) is 24.0. The SMILES string of the molecule is CC1CCC(CCNC(=O)N(C)CC(C)C(=O)O)CC1. The molecule has 1 unspecified atom stereocenters. The van der Waals surface area contributed by atoms with Crippen LogP contribution in [0.2, 0.25) is 0 Å². The number of rotatable bonds is 6. The van der Waals surface area contributed by atoms with Gasteiger partial charge in [0.25, 0.3) is 0 Å². The van der Waals surface area contributed by atoms with Gasteiger partial charge in [-0.25, -0.2) is 4.79 Å². The molecule has 5 nitrogen and oxygen atoms in total. The number of urea groups is 1. The van der Waals surface area contributed by atoms with E-state index in [0.29, 0.717) is 6.54 Å². The third-order valence-corrected chi connectivity index (χ3v) is 4.28. The standard InChI is InChI=1S/C15H28N2O3/c1-11-4-6-13(7-5-11)8-9-16-15(20)17(3)10-12(2)14(18)19/h11-13H,4-10H2,1-3H3,(H,16,20)(H,18,19). The first kappa shape index (κ1) is 16.8. The molecule has 0 radical (unpaired) electrons. The predicted molar refractivity (Wildman–Crippen MR) is 78.6 cm³/mol. The Balaban J connectivity index is 2.17. The van der Waals surface area contributed by atoms with Crippen molar-refractivity contribution in [2.24, 2.45) is 17.8 Å². The maximum Gasteiger partial charge on any atom is 0.317 e. The fourth-order valence-electron chi connectivity index (χ4n) is 2.71. The van der Waals surface area contributed by atoms with E-state index in [1.54, 1.807) is 14.0 Å². The Bertz CT molecular complexity index is 325. The predicted octanol–water partition coefficient (Wildman–Crippen LogP) is 2.56. The molecule has 1 atom stereocenters. The first-order valence-electron chi connectivity index (χ1n) is 7.62. The van der Waals surface area contributed by atoms with Crippen LogP contribution >= 0.6 is 0 Å². The van der Waals surface area contributed by atoms with Gasteiger partial charge in [-0.15, -0.1) is 0 Å². The first-order chi connectivity index (χ1) is 9.40. The minimum Gasteiger partial charge on any atom is -0.481 e. The van der Waals surface area contributed by atoms with Gasteiger partial charge >= 0.3 is 12.0 Å². The van der Waals surface area contributed by atoms with E-state index in [4.69, 9.17) is 5.11 Å². The fraction of sp³-hybridized carbons (Fsp3) is 0.867. The van der Waals surface area contributed by atoms with Crippen molar-refractivity contribution in [3.8, 4) is 0 Å². The number of nitrogens with one attached hydrogen (secondary N) is 1. The Labute approximate surface area is 121 Å². The molecule has 1 aliphatic carbocycles. The van der Waals surface area contributed by atoms with Crippen molar-refractivity contribution in [1.82, 2.24) is 10.2 Å². The largest absolute Gasteiger partial charge is 0.481 e. The van der Waals surface area contributed by atoms with Crippen molar-refractivity contribution in [2.45, 2.75) is 46.0 Å². The third kappa shape index (κ3) is 5.80. The summed E-state index contributed by atoms with van der Waals surface area (Å²) < 4.78 is 0. The molecular formula is C15H28N2O3. The van der Waals surface area contributed by atoms with E-state index in [1.165, 1.54) is 30.6 Å². The number of amides is 2. The number of carboxylic acid groups (broad SMARTS) is 1. The van der Waals surface area contributed by atoms with Gasteiger partial charge in [0.1, 0.15) is 0 Å². The number of nitrogens with zero attached hydrogens (tertiary/aromatic N) is 1. The van der Waals surface area contributed by atoms with Crippen LogP contribution in [0.5, 0.6) is 0 Å². The lowest BCUT2D eigenvalue weighted by atomic mass is 9.81. The molecule has 2 amide bonds. The Morgan fingerprint density at radius 3 is 2.45 bits per heavy atom. The van der Waals surface area contributed by atoms with Gasteiger partial charge in [-0.3, -0.25) is 4.79 Å². The molecule has 1 aliphatic rings. The van der Waals surface area contributed by atoms with E-state index >= 15 is 0 Å². The Kier molecular flexibility index (Phi) is 6.82. The molecule has 1 saturated carbocycles. The van der Waals surface area contributed by atoms with E-state index in [2.05, 4.69) is 12.2 Å². The van der Waals surface area contributed by atoms with Crippen LogP contribution in [0, 0.1) is 17.8 Å². The van der Waals surface area contributed by atoms with Gasteiger partial charge in [0.2, 0.25) is 0 Å². The summed E-state index contributed by atoms with van der Waals surface area (Å²) in [5.41, 5.74) is 0. The third-order valence-electron chi connectivity index (χ3n) is 4.28. The average molecular weight is 284 g/mol. The molecule has 0 spiro atoms. The van der Waals surface area contributed by atoms with Crippen molar-refractivity contribution in [3.63, 3.8) is 0 Å². The summed E-state index contributed by atoms with van der Waals surface area (Å²) in [6.07, 6.45) is 6.16. The fourth-order valence-corrected chi connectivity index (χ4v) is 2.71. The summed E-state index contributed by atoms with van der Waals surface area (Å²) >= 11 is 0. The normalized spacial score (nSPS) is 23.9. The van der Waals surface area contributed by atoms with Gasteiger partial charge in [0.15, 0.2) is 0 Å². The summed E-state index contributed by atoms with van der Waals surface area (Å²) in [6, 6.07) is -0.178. The molecule has 20 heavy (non-hydrogen) atoms. The van der Waals surface area contributed by atoms with E-state index in [0.717, 1.165) is 18.3 Å². The lowest BCUT2D eigenvalue weighted by Gasteiger charge is -2.26. The monoisotopic (exact) mass is 284 g/mol. The van der Waals surface area contributed by atoms with Crippen LogP contribution < -0.4 is 5.32 Å². The first-order valence-corrected chi connectivity index (χ1v) is 7.62. The number of carbonyl (C=O) groups excluding carboxylic acids is 1. The topological polar surface area (TPSA) is 69.6 Å². The van der Waals surface area contributed by atoms with Gasteiger partial charge in [-0.1, -0.05) is 39.5 Å². The number of carbonyl (C=O) groups is 2. The summed E-state index contributed by atoms with van der Waals surface area (Å²) in [7, 11) is 1.64. The summed E-state index contributed by atoms with van der Waals surface area (Å²) in [6.45, 7) is 4.83. The van der Waals surface area contributed by atoms with Crippen molar-refractivity contribution in [1.29, 1.82) is 0 Å². The van der Waals surface area contributed by atoms with Gasteiger partial charge in [0.05, 0.1) is 5.92 Å². The maximum atomic E-state index is 11.8. The van der Waals surface area contributed by atoms with E-state index in [9.17, 15) is 9.59 Å². The van der Waals surface area contributed by atoms with Gasteiger partial charge in [-0.05, 0) is 18.3 Å². The highest BCUT2D eigenvalue weighted by molar-refractivity contribution is 5.75. The smallest absolute Gasteiger partial charge is 0.317 e. The van der Waals surface area contributed by atoms with E-state index in [1.807, 2.05) is 0 Å². The highest BCUT2D eigenvalue weighted by Gasteiger charge is 2.19. The molecule has 0 saturated heterocycles. The second-order valence-corrected chi connectivity index (χ2v) is 6.27. The van der Waals surface area contributed by atoms with Crippen molar-refractivity contribution < 1.29 is 14.7 Å². The van der Waals surface area contributed by atoms with Crippen LogP contribution in [0.25, 0.3) is 0 Å². The van der Waals surface area contributed by atoms with Gasteiger partial charge in [0, 0.05) is 20.1 Å². The van der Waals surface area contributed by atoms with Crippen LogP contribution in [-0.4, -0.2) is 42.1 Å².